The molecule has 0 saturated carbocycles. The van der Waals surface area contributed by atoms with Gasteiger partial charge < -0.3 is 19.8 Å². The third-order valence-electron chi connectivity index (χ3n) is 10.8. The van der Waals surface area contributed by atoms with Gasteiger partial charge in [-0.2, -0.15) is 0 Å². The standard InChI is InChI=1S/C49H95N2O6P/c1-6-8-10-12-14-16-18-20-21-22-23-24-25-26-27-28-29-31-33-35-37-39-41-43-49(53)50-47(46-57-58(54,55)56-45-44-51(3,4)5)48(52)42-40-38-36-34-32-30-19-17-15-13-11-9-7-2/h22-23,32,34,40,42,47-48,52H,6-21,24-31,33,35-39,41,43-46H2,1-5H3,(H-,50,53,54,55)/p+1/b23-22-,34-32+,42-40+. The van der Waals surface area contributed by atoms with Crippen LogP contribution in [-0.2, 0) is 18.4 Å². The minimum Gasteiger partial charge on any atom is -0.387 e. The summed E-state index contributed by atoms with van der Waals surface area (Å²) in [6.07, 6.45) is 50.8. The van der Waals surface area contributed by atoms with Crippen LogP contribution in [0.25, 0.3) is 0 Å². The van der Waals surface area contributed by atoms with Crippen LogP contribution in [0, 0.1) is 0 Å². The van der Waals surface area contributed by atoms with Crippen LogP contribution in [0.3, 0.4) is 0 Å². The summed E-state index contributed by atoms with van der Waals surface area (Å²) < 4.78 is 23.6. The summed E-state index contributed by atoms with van der Waals surface area (Å²) in [5, 5.41) is 13.8. The number of aliphatic hydroxyl groups is 1. The number of amides is 1. The van der Waals surface area contributed by atoms with Crippen molar-refractivity contribution >= 4 is 13.7 Å². The Kier molecular flexibility index (Phi) is 40.2. The summed E-state index contributed by atoms with van der Waals surface area (Å²) in [6, 6.07) is -0.861. The number of quaternary nitrogens is 1. The van der Waals surface area contributed by atoms with E-state index >= 15 is 0 Å². The minimum absolute atomic E-state index is 0.0563. The zero-order chi connectivity index (χ0) is 42.8. The number of phosphoric acid groups is 1. The predicted octanol–water partition coefficient (Wildman–Crippen LogP) is 13.9. The molecule has 0 aliphatic heterocycles. The van der Waals surface area contributed by atoms with Gasteiger partial charge in [0.05, 0.1) is 39.9 Å². The van der Waals surface area contributed by atoms with E-state index in [9.17, 15) is 19.4 Å². The molecule has 0 radical (unpaired) electrons. The molecule has 0 spiro atoms. The van der Waals surface area contributed by atoms with Crippen LogP contribution < -0.4 is 5.32 Å². The Balaban J connectivity index is 4.28. The summed E-state index contributed by atoms with van der Waals surface area (Å²) in [5.41, 5.74) is 0. The molecule has 0 rings (SSSR count). The van der Waals surface area contributed by atoms with Gasteiger partial charge in [0.15, 0.2) is 0 Å². The molecule has 0 heterocycles. The van der Waals surface area contributed by atoms with Gasteiger partial charge in [-0.3, -0.25) is 13.8 Å². The van der Waals surface area contributed by atoms with E-state index in [1.807, 2.05) is 27.2 Å². The number of rotatable bonds is 44. The van der Waals surface area contributed by atoms with Gasteiger partial charge in [-0.05, 0) is 57.8 Å². The maximum absolute atomic E-state index is 12.9. The van der Waals surface area contributed by atoms with Crippen molar-refractivity contribution in [3.63, 3.8) is 0 Å². The van der Waals surface area contributed by atoms with Crippen molar-refractivity contribution in [1.82, 2.24) is 5.32 Å². The van der Waals surface area contributed by atoms with E-state index in [-0.39, 0.29) is 19.1 Å². The lowest BCUT2D eigenvalue weighted by molar-refractivity contribution is -0.870. The summed E-state index contributed by atoms with van der Waals surface area (Å²) in [6.45, 7) is 4.79. The number of phosphoric ester groups is 1. The zero-order valence-corrected chi connectivity index (χ0v) is 39.7. The van der Waals surface area contributed by atoms with E-state index in [0.717, 1.165) is 38.5 Å². The number of nitrogens with one attached hydrogen (secondary N) is 1. The van der Waals surface area contributed by atoms with Gasteiger partial charge in [0, 0.05) is 6.42 Å². The Morgan fingerprint density at radius 3 is 1.38 bits per heavy atom. The second-order valence-corrected chi connectivity index (χ2v) is 19.3. The van der Waals surface area contributed by atoms with E-state index < -0.39 is 20.0 Å². The van der Waals surface area contributed by atoms with Gasteiger partial charge in [0.2, 0.25) is 5.91 Å². The maximum atomic E-state index is 12.9. The molecule has 0 bridgehead atoms. The smallest absolute Gasteiger partial charge is 0.387 e. The van der Waals surface area contributed by atoms with Crippen LogP contribution >= 0.6 is 7.82 Å². The third kappa shape index (κ3) is 42.8. The molecule has 3 unspecified atom stereocenters. The lowest BCUT2D eigenvalue weighted by Gasteiger charge is -2.25. The molecule has 3 N–H and O–H groups in total. The number of hydrogen-bond donors (Lipinski definition) is 3. The first kappa shape index (κ1) is 56.7. The summed E-state index contributed by atoms with van der Waals surface area (Å²) >= 11 is 0. The molecule has 0 aromatic heterocycles. The Morgan fingerprint density at radius 2 is 0.948 bits per heavy atom. The highest BCUT2D eigenvalue weighted by Crippen LogP contribution is 2.43. The van der Waals surface area contributed by atoms with Gasteiger partial charge in [-0.25, -0.2) is 4.57 Å². The Bertz CT molecular complexity index is 1040. The van der Waals surface area contributed by atoms with Crippen LogP contribution in [-0.4, -0.2) is 73.4 Å². The zero-order valence-electron chi connectivity index (χ0n) is 38.8. The quantitative estimate of drug-likeness (QED) is 0.0244. The van der Waals surface area contributed by atoms with Gasteiger partial charge in [-0.15, -0.1) is 0 Å². The molecule has 58 heavy (non-hydrogen) atoms. The summed E-state index contributed by atoms with van der Waals surface area (Å²) in [7, 11) is 1.56. The van der Waals surface area contributed by atoms with Gasteiger partial charge in [0.25, 0.3) is 0 Å². The molecular weight excluding hydrogens is 744 g/mol. The second kappa shape index (κ2) is 41.1. The topological polar surface area (TPSA) is 105 Å². The lowest BCUT2D eigenvalue weighted by atomic mass is 10.0. The number of nitrogens with zero attached hydrogens (tertiary/aromatic N) is 1. The molecular formula is C49H96N2O6P+. The van der Waals surface area contributed by atoms with Crippen molar-refractivity contribution in [3.8, 4) is 0 Å². The Morgan fingerprint density at radius 1 is 0.569 bits per heavy atom. The number of allylic oxidation sites excluding steroid dienone is 5. The molecule has 8 nitrogen and oxygen atoms in total. The normalized spacial score (nSPS) is 14.5. The molecule has 9 heteroatoms. The van der Waals surface area contributed by atoms with E-state index in [1.165, 1.54) is 161 Å². The summed E-state index contributed by atoms with van der Waals surface area (Å²) in [5.74, 6) is -0.188. The van der Waals surface area contributed by atoms with Crippen molar-refractivity contribution in [1.29, 1.82) is 0 Å². The maximum Gasteiger partial charge on any atom is 0.472 e. The molecule has 3 atom stereocenters. The van der Waals surface area contributed by atoms with E-state index in [1.54, 1.807) is 6.08 Å². The molecule has 0 fully saturated rings. The largest absolute Gasteiger partial charge is 0.472 e. The highest BCUT2D eigenvalue weighted by molar-refractivity contribution is 7.47. The van der Waals surface area contributed by atoms with Crippen molar-refractivity contribution in [2.24, 2.45) is 0 Å². The highest BCUT2D eigenvalue weighted by atomic mass is 31.2. The number of aliphatic hydroxyl groups excluding tert-OH is 1. The molecule has 1 amide bonds. The molecule has 342 valence electrons. The van der Waals surface area contributed by atoms with E-state index in [2.05, 4.69) is 43.5 Å². The lowest BCUT2D eigenvalue weighted by Crippen LogP contribution is -2.45. The SMILES string of the molecule is CCCCCCCCC/C=C/CC/C=C/C(O)C(COP(=O)(O)OCC[N+](C)(C)C)NC(=O)CCCCCCCCCCCCC/C=C\CCCCCCCCCC. The van der Waals surface area contributed by atoms with Crippen molar-refractivity contribution < 1.29 is 32.9 Å². The monoisotopic (exact) mass is 840 g/mol. The number of carbonyl (C=O) groups is 1. The van der Waals surface area contributed by atoms with Gasteiger partial charge in [0.1, 0.15) is 13.2 Å². The number of likely N-dealkylation sites (N-methyl/N-ethyl adjacent to an activating group) is 1. The Labute approximate surface area is 359 Å². The fraction of sp³-hybridized carbons (Fsp3) is 0.857. The highest BCUT2D eigenvalue weighted by Gasteiger charge is 2.27. The van der Waals surface area contributed by atoms with E-state index in [0.29, 0.717) is 17.4 Å². The average molecular weight is 840 g/mol. The molecule has 0 saturated heterocycles. The van der Waals surface area contributed by atoms with Crippen LogP contribution in [0.5, 0.6) is 0 Å². The molecule has 0 aromatic carbocycles. The van der Waals surface area contributed by atoms with Crippen LogP contribution in [0.15, 0.2) is 36.5 Å². The number of carbonyl (C=O) groups excluding carboxylic acids is 1. The van der Waals surface area contributed by atoms with Crippen LogP contribution in [0.1, 0.15) is 219 Å². The number of hydrogen-bond acceptors (Lipinski definition) is 5. The fourth-order valence-electron chi connectivity index (χ4n) is 6.93. The van der Waals surface area contributed by atoms with Crippen molar-refractivity contribution in [2.75, 3.05) is 40.9 Å². The average Bonchev–Trinajstić information content (AvgIpc) is 3.17. The second-order valence-electron chi connectivity index (χ2n) is 17.8. The van der Waals surface area contributed by atoms with Crippen molar-refractivity contribution in [3.05, 3.63) is 36.5 Å². The first-order valence-corrected chi connectivity index (χ1v) is 25.9. The molecule has 0 aliphatic carbocycles. The van der Waals surface area contributed by atoms with Gasteiger partial charge in [-0.1, -0.05) is 192 Å². The van der Waals surface area contributed by atoms with Crippen LogP contribution in [0.4, 0.5) is 0 Å². The summed E-state index contributed by atoms with van der Waals surface area (Å²) in [4.78, 5) is 23.1. The first-order chi connectivity index (χ1) is 28.0. The van der Waals surface area contributed by atoms with Crippen molar-refractivity contribution in [2.45, 2.75) is 231 Å². The minimum atomic E-state index is -4.34. The first-order valence-electron chi connectivity index (χ1n) is 24.4. The van der Waals surface area contributed by atoms with Gasteiger partial charge >= 0.3 is 7.82 Å². The molecule has 0 aromatic rings. The fourth-order valence-corrected chi connectivity index (χ4v) is 7.67. The third-order valence-corrected chi connectivity index (χ3v) is 11.8. The van der Waals surface area contributed by atoms with E-state index in [4.69, 9.17) is 9.05 Å². The predicted molar refractivity (Wildman–Crippen MR) is 249 cm³/mol. The number of unbranched alkanes of at least 4 members (excludes halogenated alkanes) is 27. The van der Waals surface area contributed by atoms with Crippen LogP contribution in [0.2, 0.25) is 0 Å². The molecule has 0 aliphatic rings. The Hall–Kier alpha value is -1.28.